The lowest BCUT2D eigenvalue weighted by Gasteiger charge is -2.17. The number of rotatable bonds is 5. The van der Waals surface area contributed by atoms with Crippen molar-refractivity contribution in [2.75, 3.05) is 25.5 Å². The fourth-order valence-corrected chi connectivity index (χ4v) is 3.98. The van der Waals surface area contributed by atoms with Crippen LogP contribution in [0.5, 0.6) is 17.2 Å². The van der Waals surface area contributed by atoms with Crippen molar-refractivity contribution < 1.29 is 9.47 Å². The summed E-state index contributed by atoms with van der Waals surface area (Å²) < 4.78 is 11.5. The average Bonchev–Trinajstić information content (AvgIpc) is 2.90. The molecule has 0 aliphatic carbocycles. The number of nitrogens with zero attached hydrogens (tertiary/aromatic N) is 2. The maximum Gasteiger partial charge on any atom is 0.169 e. The summed E-state index contributed by atoms with van der Waals surface area (Å²) in [6.45, 7) is 2.05. The van der Waals surface area contributed by atoms with Crippen molar-refractivity contribution in [3.05, 3.63) is 78.6 Å². The summed E-state index contributed by atoms with van der Waals surface area (Å²) in [7, 11) is 1.63. The minimum atomic E-state index is 0.401. The number of methoxy groups -OCH3 is 1. The minimum Gasteiger partial charge on any atom is -0.493 e. The molecule has 5 rings (SSSR count). The van der Waals surface area contributed by atoms with Crippen LogP contribution in [0.1, 0.15) is 18.4 Å². The third-order valence-corrected chi connectivity index (χ3v) is 5.75. The summed E-state index contributed by atoms with van der Waals surface area (Å²) in [4.78, 5) is 8.90. The quantitative estimate of drug-likeness (QED) is 0.390. The molecule has 3 aromatic carbocycles. The van der Waals surface area contributed by atoms with E-state index in [-0.39, 0.29) is 0 Å². The van der Waals surface area contributed by atoms with E-state index in [2.05, 4.69) is 32.4 Å². The number of hydrogen-bond donors (Lipinski definition) is 2. The average molecular weight is 451 g/mol. The zero-order valence-corrected chi connectivity index (χ0v) is 19.0. The number of fused-ring (bicyclic) bond motifs is 1. The highest BCUT2D eigenvalue weighted by Gasteiger charge is 2.11. The normalized spacial score (nSPS) is 15.3. The first kappa shape index (κ1) is 21.7. The Hall–Kier alpha value is -4.08. The van der Waals surface area contributed by atoms with Crippen molar-refractivity contribution in [3.8, 4) is 29.1 Å². The highest BCUT2D eigenvalue weighted by molar-refractivity contribution is 5.91. The number of benzene rings is 3. The van der Waals surface area contributed by atoms with Crippen LogP contribution in [0.2, 0.25) is 0 Å². The Morgan fingerprint density at radius 2 is 1.91 bits per heavy atom. The Labute approximate surface area is 199 Å². The Balaban J connectivity index is 1.40. The number of para-hydroxylation sites is 1. The van der Waals surface area contributed by atoms with Gasteiger partial charge in [-0.2, -0.15) is 0 Å². The van der Waals surface area contributed by atoms with Gasteiger partial charge in [0.15, 0.2) is 11.5 Å². The maximum atomic E-state index is 5.97. The van der Waals surface area contributed by atoms with Crippen molar-refractivity contribution >= 4 is 22.4 Å². The molecule has 1 aliphatic heterocycles. The van der Waals surface area contributed by atoms with Crippen LogP contribution in [0.3, 0.4) is 0 Å². The van der Waals surface area contributed by atoms with Gasteiger partial charge in [-0.1, -0.05) is 30.0 Å². The smallest absolute Gasteiger partial charge is 0.169 e. The topological polar surface area (TPSA) is 68.3 Å². The molecule has 1 saturated heterocycles. The standard InChI is InChI=1S/C28H26N4O2/c1-33-27-17-22(12-14-26(27)34-23-7-3-2-4-8-23)32-28-24-16-20(11-13-25(24)30-19-31-28)9-10-21-6-5-15-29-18-21/h2-4,7-8,11-14,16-17,19,21,29H,5-6,15,18H2,1H3,(H,30,31,32). The van der Waals surface area contributed by atoms with Crippen LogP contribution in [0.4, 0.5) is 11.5 Å². The van der Waals surface area contributed by atoms with Crippen molar-refractivity contribution in [3.63, 3.8) is 0 Å². The fraction of sp³-hybridized carbons (Fsp3) is 0.214. The summed E-state index contributed by atoms with van der Waals surface area (Å²) in [5.74, 6) is 9.88. The van der Waals surface area contributed by atoms with E-state index in [0.717, 1.165) is 47.4 Å². The van der Waals surface area contributed by atoms with Gasteiger partial charge < -0.3 is 20.1 Å². The van der Waals surface area contributed by atoms with Gasteiger partial charge in [0.2, 0.25) is 0 Å². The molecule has 1 unspecified atom stereocenters. The van der Waals surface area contributed by atoms with E-state index in [0.29, 0.717) is 23.2 Å². The van der Waals surface area contributed by atoms with Crippen molar-refractivity contribution in [1.29, 1.82) is 0 Å². The third-order valence-electron chi connectivity index (χ3n) is 5.75. The van der Waals surface area contributed by atoms with Gasteiger partial charge in [-0.3, -0.25) is 0 Å². The second kappa shape index (κ2) is 10.2. The molecule has 6 heteroatoms. The van der Waals surface area contributed by atoms with E-state index in [1.54, 1.807) is 13.4 Å². The lowest BCUT2D eigenvalue weighted by atomic mass is 10.00. The molecule has 1 atom stereocenters. The number of ether oxygens (including phenoxy) is 2. The molecule has 34 heavy (non-hydrogen) atoms. The van der Waals surface area contributed by atoms with Crippen LogP contribution in [0, 0.1) is 17.8 Å². The Morgan fingerprint density at radius 3 is 2.74 bits per heavy atom. The predicted octanol–water partition coefficient (Wildman–Crippen LogP) is 5.53. The van der Waals surface area contributed by atoms with Crippen molar-refractivity contribution in [1.82, 2.24) is 15.3 Å². The number of hydrogen-bond acceptors (Lipinski definition) is 6. The number of piperidine rings is 1. The van der Waals surface area contributed by atoms with E-state index in [1.165, 1.54) is 6.42 Å². The largest absolute Gasteiger partial charge is 0.493 e. The molecule has 1 fully saturated rings. The summed E-state index contributed by atoms with van der Waals surface area (Å²) in [6, 6.07) is 21.4. The van der Waals surface area contributed by atoms with Crippen LogP contribution in [0.15, 0.2) is 73.1 Å². The van der Waals surface area contributed by atoms with Crippen LogP contribution < -0.4 is 20.1 Å². The molecule has 1 aliphatic rings. The SMILES string of the molecule is COc1cc(Nc2ncnc3ccc(C#CC4CCCNC4)cc23)ccc1Oc1ccccc1. The first-order valence-corrected chi connectivity index (χ1v) is 11.4. The van der Waals surface area contributed by atoms with E-state index >= 15 is 0 Å². The molecular weight excluding hydrogens is 424 g/mol. The third kappa shape index (κ3) is 5.11. The molecule has 0 spiro atoms. The van der Waals surface area contributed by atoms with E-state index in [1.807, 2.05) is 66.7 Å². The van der Waals surface area contributed by atoms with Gasteiger partial charge in [0.1, 0.15) is 17.9 Å². The lowest BCUT2D eigenvalue weighted by Crippen LogP contribution is -2.28. The monoisotopic (exact) mass is 450 g/mol. The summed E-state index contributed by atoms with van der Waals surface area (Å²) in [6.07, 6.45) is 3.89. The molecule has 170 valence electrons. The molecule has 1 aromatic heterocycles. The number of aromatic nitrogens is 2. The minimum absolute atomic E-state index is 0.401. The van der Waals surface area contributed by atoms with E-state index < -0.39 is 0 Å². The van der Waals surface area contributed by atoms with Gasteiger partial charge >= 0.3 is 0 Å². The van der Waals surface area contributed by atoms with Crippen LogP contribution in [-0.2, 0) is 0 Å². The molecule has 2 heterocycles. The van der Waals surface area contributed by atoms with E-state index in [9.17, 15) is 0 Å². The van der Waals surface area contributed by atoms with Crippen molar-refractivity contribution in [2.45, 2.75) is 12.8 Å². The Morgan fingerprint density at radius 1 is 1.00 bits per heavy atom. The highest BCUT2D eigenvalue weighted by Crippen LogP contribution is 2.35. The first-order chi connectivity index (χ1) is 16.8. The fourth-order valence-electron chi connectivity index (χ4n) is 3.98. The molecule has 2 N–H and O–H groups in total. The van der Waals surface area contributed by atoms with Crippen LogP contribution in [-0.4, -0.2) is 30.2 Å². The second-order valence-corrected chi connectivity index (χ2v) is 8.17. The van der Waals surface area contributed by atoms with Gasteiger partial charge in [0, 0.05) is 35.2 Å². The summed E-state index contributed by atoms with van der Waals surface area (Å²) in [5, 5.41) is 7.73. The molecule has 0 bridgehead atoms. The predicted molar refractivity (Wildman–Crippen MR) is 135 cm³/mol. The Bertz CT molecular complexity index is 1340. The molecular formula is C28H26N4O2. The van der Waals surface area contributed by atoms with Gasteiger partial charge in [-0.25, -0.2) is 9.97 Å². The summed E-state index contributed by atoms with van der Waals surface area (Å²) >= 11 is 0. The second-order valence-electron chi connectivity index (χ2n) is 8.17. The maximum absolute atomic E-state index is 5.97. The molecule has 6 nitrogen and oxygen atoms in total. The van der Waals surface area contributed by atoms with Crippen LogP contribution >= 0.6 is 0 Å². The Kier molecular flexibility index (Phi) is 6.55. The molecule has 0 radical (unpaired) electrons. The number of nitrogens with one attached hydrogen (secondary N) is 2. The van der Waals surface area contributed by atoms with Gasteiger partial charge in [-0.05, 0) is 61.9 Å². The zero-order chi connectivity index (χ0) is 23.2. The van der Waals surface area contributed by atoms with Gasteiger partial charge in [0.25, 0.3) is 0 Å². The van der Waals surface area contributed by atoms with E-state index in [4.69, 9.17) is 9.47 Å². The summed E-state index contributed by atoms with van der Waals surface area (Å²) in [5.41, 5.74) is 2.65. The van der Waals surface area contributed by atoms with Crippen LogP contribution in [0.25, 0.3) is 10.9 Å². The van der Waals surface area contributed by atoms with Gasteiger partial charge in [0.05, 0.1) is 12.6 Å². The van der Waals surface area contributed by atoms with Crippen molar-refractivity contribution in [2.24, 2.45) is 5.92 Å². The molecule has 0 amide bonds. The lowest BCUT2D eigenvalue weighted by molar-refractivity contribution is 0.379. The molecule has 0 saturated carbocycles. The molecule has 4 aromatic rings. The zero-order valence-electron chi connectivity index (χ0n) is 19.0. The number of anilines is 2. The highest BCUT2D eigenvalue weighted by atomic mass is 16.5. The first-order valence-electron chi connectivity index (χ1n) is 11.4. The van der Waals surface area contributed by atoms with Gasteiger partial charge in [-0.15, -0.1) is 0 Å².